The van der Waals surface area contributed by atoms with E-state index < -0.39 is 11.7 Å². The maximum Gasteiger partial charge on any atom is 0.407 e. The van der Waals surface area contributed by atoms with Gasteiger partial charge in [-0.25, -0.2) is 4.79 Å². The van der Waals surface area contributed by atoms with E-state index in [2.05, 4.69) is 5.32 Å². The molecule has 20 heavy (non-hydrogen) atoms. The molecule has 1 amide bonds. The van der Waals surface area contributed by atoms with Crippen LogP contribution in [0.15, 0.2) is 18.2 Å². The smallest absolute Gasteiger partial charge is 0.407 e. The van der Waals surface area contributed by atoms with Crippen molar-refractivity contribution in [2.24, 2.45) is 0 Å². The van der Waals surface area contributed by atoms with Crippen LogP contribution in [-0.4, -0.2) is 17.8 Å². The molecule has 112 valence electrons. The maximum absolute atomic E-state index is 11.6. The summed E-state index contributed by atoms with van der Waals surface area (Å²) in [5.41, 5.74) is 6.77. The number of hydrogen-bond donors (Lipinski definition) is 2. The van der Waals surface area contributed by atoms with Gasteiger partial charge in [-0.05, 0) is 40.7 Å². The summed E-state index contributed by atoms with van der Waals surface area (Å²) < 4.78 is 10.9. The lowest BCUT2D eigenvalue weighted by molar-refractivity contribution is 0.0523. The highest BCUT2D eigenvalue weighted by Crippen LogP contribution is 2.27. The second-order valence-corrected chi connectivity index (χ2v) is 5.86. The Morgan fingerprint density at radius 2 is 2.00 bits per heavy atom. The van der Waals surface area contributed by atoms with Crippen LogP contribution >= 0.6 is 0 Å². The van der Waals surface area contributed by atoms with E-state index >= 15 is 0 Å². The van der Waals surface area contributed by atoms with Gasteiger partial charge in [-0.2, -0.15) is 0 Å². The minimum absolute atomic E-state index is 0.0139. The second-order valence-electron chi connectivity index (χ2n) is 5.86. The van der Waals surface area contributed by atoms with Gasteiger partial charge in [0.15, 0.2) is 0 Å². The third-order valence-electron chi connectivity index (χ3n) is 2.30. The molecule has 0 aliphatic heterocycles. The van der Waals surface area contributed by atoms with Crippen molar-refractivity contribution < 1.29 is 14.3 Å². The molecule has 0 heterocycles. The molecule has 1 rings (SSSR count). The molecule has 0 saturated carbocycles. The number of nitrogens with two attached hydrogens (primary N) is 1. The van der Waals surface area contributed by atoms with Crippen molar-refractivity contribution in [3.63, 3.8) is 0 Å². The Morgan fingerprint density at radius 3 is 2.55 bits per heavy atom. The Morgan fingerprint density at radius 1 is 1.35 bits per heavy atom. The van der Waals surface area contributed by atoms with Gasteiger partial charge in [0.25, 0.3) is 0 Å². The van der Waals surface area contributed by atoms with Gasteiger partial charge in [-0.3, -0.25) is 0 Å². The lowest BCUT2D eigenvalue weighted by atomic mass is 10.1. The molecule has 0 aliphatic rings. The number of nitrogen functional groups attached to an aromatic ring is 1. The number of anilines is 1. The van der Waals surface area contributed by atoms with E-state index in [9.17, 15) is 4.79 Å². The van der Waals surface area contributed by atoms with Crippen LogP contribution in [-0.2, 0) is 11.3 Å². The Balaban J connectivity index is 2.73. The summed E-state index contributed by atoms with van der Waals surface area (Å²) in [6.45, 7) is 9.62. The van der Waals surface area contributed by atoms with Crippen LogP contribution in [0.25, 0.3) is 0 Å². The largest absolute Gasteiger partial charge is 0.488 e. The summed E-state index contributed by atoms with van der Waals surface area (Å²) >= 11 is 0. The van der Waals surface area contributed by atoms with Crippen molar-refractivity contribution in [2.45, 2.75) is 52.9 Å². The zero-order chi connectivity index (χ0) is 15.3. The number of carbonyl (C=O) groups excluding carboxylic acids is 1. The van der Waals surface area contributed by atoms with E-state index in [1.54, 1.807) is 6.07 Å². The van der Waals surface area contributed by atoms with Gasteiger partial charge >= 0.3 is 6.09 Å². The standard InChI is InChI=1S/C15H24N2O3/c1-10(2)19-13-11(7-6-8-12(13)16)9-17-14(18)20-15(3,4)5/h6-8,10H,9,16H2,1-5H3,(H,17,18). The number of benzene rings is 1. The molecular formula is C15H24N2O3. The minimum Gasteiger partial charge on any atom is -0.488 e. The predicted octanol–water partition coefficient (Wildman–Crippen LogP) is 3.08. The minimum atomic E-state index is -0.517. The summed E-state index contributed by atoms with van der Waals surface area (Å²) in [6.07, 6.45) is -0.449. The van der Waals surface area contributed by atoms with Gasteiger partial charge in [-0.1, -0.05) is 12.1 Å². The summed E-state index contributed by atoms with van der Waals surface area (Å²) in [6, 6.07) is 5.47. The summed E-state index contributed by atoms with van der Waals surface area (Å²) in [4.78, 5) is 11.6. The first-order valence-electron chi connectivity index (χ1n) is 6.70. The van der Waals surface area contributed by atoms with E-state index in [1.807, 2.05) is 46.8 Å². The maximum atomic E-state index is 11.6. The topological polar surface area (TPSA) is 73.6 Å². The van der Waals surface area contributed by atoms with E-state index in [0.717, 1.165) is 5.56 Å². The van der Waals surface area contributed by atoms with Crippen LogP contribution in [0.5, 0.6) is 5.75 Å². The number of carbonyl (C=O) groups is 1. The van der Waals surface area contributed by atoms with Crippen LogP contribution in [0.4, 0.5) is 10.5 Å². The average Bonchev–Trinajstić information content (AvgIpc) is 2.27. The molecule has 0 radical (unpaired) electrons. The molecule has 0 aromatic heterocycles. The number of rotatable bonds is 4. The Hall–Kier alpha value is -1.91. The van der Waals surface area contributed by atoms with Gasteiger partial charge in [0.05, 0.1) is 11.8 Å². The number of amides is 1. The van der Waals surface area contributed by atoms with Crippen LogP contribution in [0.3, 0.4) is 0 Å². The van der Waals surface area contributed by atoms with Gasteiger partial charge in [0.2, 0.25) is 0 Å². The quantitative estimate of drug-likeness (QED) is 0.831. The van der Waals surface area contributed by atoms with E-state index in [1.165, 1.54) is 0 Å². The predicted molar refractivity (Wildman–Crippen MR) is 79.7 cm³/mol. The Kier molecular flexibility index (Phi) is 5.25. The summed E-state index contributed by atoms with van der Waals surface area (Å²) in [5.74, 6) is 0.610. The first kappa shape index (κ1) is 16.1. The molecule has 0 aliphatic carbocycles. The highest BCUT2D eigenvalue weighted by atomic mass is 16.6. The second kappa shape index (κ2) is 6.50. The van der Waals surface area contributed by atoms with E-state index in [4.69, 9.17) is 15.2 Å². The lowest BCUT2D eigenvalue weighted by Crippen LogP contribution is -2.32. The molecule has 5 heteroatoms. The van der Waals surface area contributed by atoms with Crippen LogP contribution in [0, 0.1) is 0 Å². The monoisotopic (exact) mass is 280 g/mol. The van der Waals surface area contributed by atoms with Gasteiger partial charge in [-0.15, -0.1) is 0 Å². The summed E-state index contributed by atoms with van der Waals surface area (Å²) in [7, 11) is 0. The van der Waals surface area contributed by atoms with Gasteiger partial charge < -0.3 is 20.5 Å². The van der Waals surface area contributed by atoms with Crippen LogP contribution in [0.2, 0.25) is 0 Å². The lowest BCUT2D eigenvalue weighted by Gasteiger charge is -2.20. The number of alkyl carbamates (subject to hydrolysis) is 1. The Bertz CT molecular complexity index is 465. The zero-order valence-electron chi connectivity index (χ0n) is 12.8. The van der Waals surface area contributed by atoms with Crippen molar-refractivity contribution in [3.05, 3.63) is 23.8 Å². The van der Waals surface area contributed by atoms with Crippen LogP contribution in [0.1, 0.15) is 40.2 Å². The van der Waals surface area contributed by atoms with Gasteiger partial charge in [0.1, 0.15) is 11.4 Å². The molecule has 0 atom stereocenters. The Labute approximate surface area is 120 Å². The zero-order valence-corrected chi connectivity index (χ0v) is 12.8. The molecule has 5 nitrogen and oxygen atoms in total. The number of ether oxygens (including phenoxy) is 2. The van der Waals surface area contributed by atoms with Crippen molar-refractivity contribution in [1.29, 1.82) is 0 Å². The molecule has 1 aromatic rings. The molecule has 0 saturated heterocycles. The molecule has 0 fully saturated rings. The number of hydrogen-bond acceptors (Lipinski definition) is 4. The van der Waals surface area contributed by atoms with Crippen molar-refractivity contribution in [1.82, 2.24) is 5.32 Å². The third-order valence-corrected chi connectivity index (χ3v) is 2.30. The molecule has 0 spiro atoms. The number of nitrogens with one attached hydrogen (secondary N) is 1. The van der Waals surface area contributed by atoms with Crippen molar-refractivity contribution >= 4 is 11.8 Å². The number of para-hydroxylation sites is 1. The van der Waals surface area contributed by atoms with E-state index in [-0.39, 0.29) is 6.10 Å². The fourth-order valence-electron chi connectivity index (χ4n) is 1.60. The average molecular weight is 280 g/mol. The molecule has 0 bridgehead atoms. The third kappa shape index (κ3) is 5.38. The molecular weight excluding hydrogens is 256 g/mol. The first-order chi connectivity index (χ1) is 9.19. The van der Waals surface area contributed by atoms with E-state index in [0.29, 0.717) is 18.0 Å². The van der Waals surface area contributed by atoms with Crippen molar-refractivity contribution in [2.75, 3.05) is 5.73 Å². The van der Waals surface area contributed by atoms with Gasteiger partial charge in [0, 0.05) is 12.1 Å². The highest BCUT2D eigenvalue weighted by Gasteiger charge is 2.17. The fourth-order valence-corrected chi connectivity index (χ4v) is 1.60. The normalized spacial score (nSPS) is 11.3. The molecule has 1 aromatic carbocycles. The van der Waals surface area contributed by atoms with Crippen LogP contribution < -0.4 is 15.8 Å². The van der Waals surface area contributed by atoms with Crippen molar-refractivity contribution in [3.8, 4) is 5.75 Å². The summed E-state index contributed by atoms with van der Waals surface area (Å²) in [5, 5.41) is 2.70. The molecule has 0 unspecified atom stereocenters. The first-order valence-corrected chi connectivity index (χ1v) is 6.70. The SMILES string of the molecule is CC(C)Oc1c(N)cccc1CNC(=O)OC(C)(C)C. The fraction of sp³-hybridized carbons (Fsp3) is 0.533. The molecule has 3 N–H and O–H groups in total. The highest BCUT2D eigenvalue weighted by molar-refractivity contribution is 5.68.